The summed E-state index contributed by atoms with van der Waals surface area (Å²) in [7, 11) is 0. The lowest BCUT2D eigenvalue weighted by Crippen LogP contribution is -2.56. The Balaban J connectivity index is 2.23. The molecule has 0 aliphatic carbocycles. The van der Waals surface area contributed by atoms with Gasteiger partial charge >= 0.3 is 5.97 Å². The summed E-state index contributed by atoms with van der Waals surface area (Å²) in [5.74, 6) is -1.31. The average Bonchev–Trinajstić information content (AvgIpc) is 2.23. The fourth-order valence-corrected chi connectivity index (χ4v) is 1.81. The van der Waals surface area contributed by atoms with Gasteiger partial charge in [0.1, 0.15) is 0 Å². The van der Waals surface area contributed by atoms with Crippen molar-refractivity contribution >= 4 is 17.8 Å². The molecule has 6 heteroatoms. The summed E-state index contributed by atoms with van der Waals surface area (Å²) in [5, 5.41) is 10.7. The van der Waals surface area contributed by atoms with Gasteiger partial charge in [0.05, 0.1) is 12.6 Å². The fraction of sp³-hybridized carbons (Fsp3) is 0.727. The van der Waals surface area contributed by atoms with Crippen molar-refractivity contribution in [2.24, 2.45) is 0 Å². The van der Waals surface area contributed by atoms with Crippen molar-refractivity contribution < 1.29 is 19.5 Å². The summed E-state index contributed by atoms with van der Waals surface area (Å²) in [5.41, 5.74) is 0. The molecule has 1 aliphatic heterocycles. The van der Waals surface area contributed by atoms with E-state index >= 15 is 0 Å². The quantitative estimate of drug-likeness (QED) is 0.505. The van der Waals surface area contributed by atoms with Gasteiger partial charge in [-0.05, 0) is 26.3 Å². The van der Waals surface area contributed by atoms with E-state index < -0.39 is 5.97 Å². The fourth-order valence-electron chi connectivity index (χ4n) is 1.81. The van der Waals surface area contributed by atoms with Crippen LogP contribution in [0.1, 0.15) is 32.6 Å². The third-order valence-corrected chi connectivity index (χ3v) is 2.87. The predicted molar refractivity (Wildman–Crippen MR) is 60.3 cm³/mol. The molecule has 1 unspecified atom stereocenters. The average molecular weight is 242 g/mol. The Bertz CT molecular complexity index is 317. The Morgan fingerprint density at radius 1 is 1.41 bits per heavy atom. The molecule has 0 saturated carbocycles. The molecule has 2 N–H and O–H groups in total. The Morgan fingerprint density at radius 3 is 2.76 bits per heavy atom. The Hall–Kier alpha value is -1.43. The van der Waals surface area contributed by atoms with E-state index in [0.29, 0.717) is 13.0 Å². The lowest BCUT2D eigenvalue weighted by molar-refractivity contribution is -0.139. The highest BCUT2D eigenvalue weighted by molar-refractivity contribution is 6.00. The number of hydrogen-bond acceptors (Lipinski definition) is 4. The summed E-state index contributed by atoms with van der Waals surface area (Å²) in [6.07, 6.45) is 2.41. The van der Waals surface area contributed by atoms with Crippen LogP contribution in [0.5, 0.6) is 0 Å². The van der Waals surface area contributed by atoms with Crippen molar-refractivity contribution in [3.8, 4) is 0 Å². The van der Waals surface area contributed by atoms with Gasteiger partial charge in [-0.1, -0.05) is 6.42 Å². The molecular weight excluding hydrogens is 224 g/mol. The van der Waals surface area contributed by atoms with Gasteiger partial charge in [-0.15, -0.1) is 0 Å². The van der Waals surface area contributed by atoms with E-state index in [1.807, 2.05) is 4.90 Å². The Kier molecular flexibility index (Phi) is 5.09. The van der Waals surface area contributed by atoms with E-state index in [4.69, 9.17) is 5.11 Å². The highest BCUT2D eigenvalue weighted by Crippen LogP contribution is 2.08. The zero-order valence-corrected chi connectivity index (χ0v) is 9.94. The van der Waals surface area contributed by atoms with Crippen LogP contribution < -0.4 is 5.32 Å². The van der Waals surface area contributed by atoms with Crippen molar-refractivity contribution in [2.75, 3.05) is 13.1 Å². The summed E-state index contributed by atoms with van der Waals surface area (Å²) >= 11 is 0. The SMILES string of the molecule is CC1C(=O)NC(=O)CN1CCCCCC(=O)O. The van der Waals surface area contributed by atoms with Gasteiger partial charge in [0, 0.05) is 6.42 Å². The number of nitrogens with zero attached hydrogens (tertiary/aromatic N) is 1. The Labute approximate surface area is 100.0 Å². The highest BCUT2D eigenvalue weighted by atomic mass is 16.4. The molecule has 17 heavy (non-hydrogen) atoms. The van der Waals surface area contributed by atoms with Gasteiger partial charge in [0.2, 0.25) is 11.8 Å². The maximum Gasteiger partial charge on any atom is 0.303 e. The number of nitrogens with one attached hydrogen (secondary N) is 1. The van der Waals surface area contributed by atoms with E-state index in [1.54, 1.807) is 6.92 Å². The van der Waals surface area contributed by atoms with Gasteiger partial charge in [0.15, 0.2) is 0 Å². The summed E-state index contributed by atoms with van der Waals surface area (Å²) in [6, 6.07) is -0.285. The first kappa shape index (κ1) is 13.6. The number of carbonyl (C=O) groups is 3. The van der Waals surface area contributed by atoms with Gasteiger partial charge in [-0.25, -0.2) is 0 Å². The zero-order chi connectivity index (χ0) is 12.8. The number of carbonyl (C=O) groups excluding carboxylic acids is 2. The van der Waals surface area contributed by atoms with Crippen LogP contribution in [0.2, 0.25) is 0 Å². The van der Waals surface area contributed by atoms with Gasteiger partial charge < -0.3 is 5.11 Å². The first-order chi connectivity index (χ1) is 8.00. The molecule has 1 atom stereocenters. The first-order valence-corrected chi connectivity index (χ1v) is 5.80. The van der Waals surface area contributed by atoms with Crippen LogP contribution in [0.15, 0.2) is 0 Å². The zero-order valence-electron chi connectivity index (χ0n) is 9.94. The van der Waals surface area contributed by atoms with E-state index in [9.17, 15) is 14.4 Å². The monoisotopic (exact) mass is 242 g/mol. The van der Waals surface area contributed by atoms with Crippen LogP contribution in [0.4, 0.5) is 0 Å². The summed E-state index contributed by atoms with van der Waals surface area (Å²) < 4.78 is 0. The lowest BCUT2D eigenvalue weighted by Gasteiger charge is -2.31. The molecule has 0 aromatic heterocycles. The minimum atomic E-state index is -0.786. The Morgan fingerprint density at radius 2 is 2.12 bits per heavy atom. The number of amides is 2. The van der Waals surface area contributed by atoms with E-state index in [-0.39, 0.29) is 30.8 Å². The number of hydrogen-bond donors (Lipinski definition) is 2. The minimum Gasteiger partial charge on any atom is -0.481 e. The van der Waals surface area contributed by atoms with Crippen molar-refractivity contribution in [3.63, 3.8) is 0 Å². The smallest absolute Gasteiger partial charge is 0.303 e. The molecule has 2 amide bonds. The normalized spacial score (nSPS) is 21.4. The largest absolute Gasteiger partial charge is 0.481 e. The molecule has 1 heterocycles. The maximum absolute atomic E-state index is 11.3. The third kappa shape index (κ3) is 4.52. The summed E-state index contributed by atoms with van der Waals surface area (Å²) in [6.45, 7) is 2.66. The number of carboxylic acid groups (broad SMARTS) is 1. The number of unbranched alkanes of at least 4 members (excludes halogenated alkanes) is 2. The highest BCUT2D eigenvalue weighted by Gasteiger charge is 2.29. The van der Waals surface area contributed by atoms with Gasteiger partial charge in [0.25, 0.3) is 0 Å². The second-order valence-electron chi connectivity index (χ2n) is 4.26. The van der Waals surface area contributed by atoms with Crippen LogP contribution in [0.25, 0.3) is 0 Å². The van der Waals surface area contributed by atoms with Crippen LogP contribution in [-0.4, -0.2) is 46.9 Å². The molecule has 96 valence electrons. The molecule has 0 aromatic carbocycles. The number of aliphatic carboxylic acids is 1. The van der Waals surface area contributed by atoms with Crippen molar-refractivity contribution in [2.45, 2.75) is 38.6 Å². The topological polar surface area (TPSA) is 86.7 Å². The summed E-state index contributed by atoms with van der Waals surface area (Å²) in [4.78, 5) is 34.6. The molecule has 0 spiro atoms. The van der Waals surface area contributed by atoms with Crippen LogP contribution in [0.3, 0.4) is 0 Å². The standard InChI is InChI=1S/C11H18N2O4/c1-8-11(17)12-9(14)7-13(8)6-4-2-3-5-10(15)16/h8H,2-7H2,1H3,(H,15,16)(H,12,14,17). The second kappa shape index (κ2) is 6.34. The molecular formula is C11H18N2O4. The molecule has 1 fully saturated rings. The van der Waals surface area contributed by atoms with E-state index in [1.165, 1.54) is 0 Å². The van der Waals surface area contributed by atoms with Gasteiger partial charge in [-0.2, -0.15) is 0 Å². The van der Waals surface area contributed by atoms with E-state index in [0.717, 1.165) is 12.8 Å². The number of imide groups is 1. The molecule has 0 radical (unpaired) electrons. The molecule has 0 aromatic rings. The van der Waals surface area contributed by atoms with Crippen molar-refractivity contribution in [1.29, 1.82) is 0 Å². The predicted octanol–water partition coefficient (Wildman–Crippen LogP) is -0.0217. The van der Waals surface area contributed by atoms with Crippen LogP contribution in [0, 0.1) is 0 Å². The minimum absolute atomic E-state index is 0.176. The number of carboxylic acids is 1. The lowest BCUT2D eigenvalue weighted by atomic mass is 10.1. The maximum atomic E-state index is 11.3. The van der Waals surface area contributed by atoms with Crippen molar-refractivity contribution in [1.82, 2.24) is 10.2 Å². The number of rotatable bonds is 6. The van der Waals surface area contributed by atoms with E-state index in [2.05, 4.69) is 5.32 Å². The van der Waals surface area contributed by atoms with Gasteiger partial charge in [-0.3, -0.25) is 24.6 Å². The first-order valence-electron chi connectivity index (χ1n) is 5.80. The third-order valence-electron chi connectivity index (χ3n) is 2.87. The molecule has 6 nitrogen and oxygen atoms in total. The number of piperazine rings is 1. The van der Waals surface area contributed by atoms with Crippen LogP contribution in [-0.2, 0) is 14.4 Å². The second-order valence-corrected chi connectivity index (χ2v) is 4.26. The molecule has 0 bridgehead atoms. The molecule has 1 aliphatic rings. The molecule has 1 rings (SSSR count). The van der Waals surface area contributed by atoms with Crippen LogP contribution >= 0.6 is 0 Å². The molecule has 1 saturated heterocycles. The van der Waals surface area contributed by atoms with Crippen molar-refractivity contribution in [3.05, 3.63) is 0 Å².